The van der Waals surface area contributed by atoms with E-state index in [4.69, 9.17) is 14.2 Å². The number of rotatable bonds is 8. The van der Waals surface area contributed by atoms with Crippen LogP contribution >= 0.6 is 0 Å². The molecule has 28 heavy (non-hydrogen) atoms. The summed E-state index contributed by atoms with van der Waals surface area (Å²) in [4.78, 5) is 15.2. The van der Waals surface area contributed by atoms with E-state index in [-0.39, 0.29) is 18.4 Å². The largest absolute Gasteiger partial charge is 0.497 e. The first-order chi connectivity index (χ1) is 13.7. The van der Waals surface area contributed by atoms with E-state index >= 15 is 0 Å². The predicted octanol–water partition coefficient (Wildman–Crippen LogP) is 2.44. The molecule has 1 unspecified atom stereocenters. The number of morpholine rings is 1. The Morgan fingerprint density at radius 2 is 1.86 bits per heavy atom. The fourth-order valence-electron chi connectivity index (χ4n) is 3.40. The highest BCUT2D eigenvalue weighted by atomic mass is 16.5. The molecule has 0 radical (unpaired) electrons. The molecule has 0 saturated carbocycles. The average molecular weight is 384 g/mol. The van der Waals surface area contributed by atoms with Crippen LogP contribution in [0, 0.1) is 0 Å². The first-order valence-electron chi connectivity index (χ1n) is 9.55. The molecule has 6 heteroatoms. The maximum absolute atomic E-state index is 12.9. The number of methoxy groups -OCH3 is 2. The van der Waals surface area contributed by atoms with Crippen molar-refractivity contribution in [1.29, 1.82) is 0 Å². The van der Waals surface area contributed by atoms with E-state index in [1.54, 1.807) is 14.2 Å². The Morgan fingerprint density at radius 1 is 1.11 bits per heavy atom. The Kier molecular flexibility index (Phi) is 7.28. The molecule has 1 N–H and O–H groups in total. The van der Waals surface area contributed by atoms with Gasteiger partial charge in [0.05, 0.1) is 39.9 Å². The smallest absolute Gasteiger partial charge is 0.225 e. The van der Waals surface area contributed by atoms with E-state index in [0.717, 1.165) is 44.0 Å². The normalized spacial score (nSPS) is 15.6. The molecule has 1 heterocycles. The molecule has 2 aromatic rings. The van der Waals surface area contributed by atoms with Crippen molar-refractivity contribution in [3.63, 3.8) is 0 Å². The lowest BCUT2D eigenvalue weighted by Crippen LogP contribution is -2.43. The topological polar surface area (TPSA) is 60.0 Å². The first-order valence-corrected chi connectivity index (χ1v) is 9.55. The van der Waals surface area contributed by atoms with Gasteiger partial charge in [-0.3, -0.25) is 9.69 Å². The lowest BCUT2D eigenvalue weighted by molar-refractivity contribution is -0.121. The summed E-state index contributed by atoms with van der Waals surface area (Å²) in [5.41, 5.74) is 1.90. The van der Waals surface area contributed by atoms with Crippen molar-refractivity contribution in [2.75, 3.05) is 47.1 Å². The standard InChI is InChI=1S/C22H28N2O4/c1-26-19-8-9-21(27-2)18(14-19)15-22(25)23-20(17-6-4-3-5-7-17)16-24-10-12-28-13-11-24/h3-9,14,20H,10-13,15-16H2,1-2H3,(H,23,25). The first kappa shape index (κ1) is 20.2. The van der Waals surface area contributed by atoms with Crippen molar-refractivity contribution in [2.45, 2.75) is 12.5 Å². The number of benzene rings is 2. The second-order valence-electron chi connectivity index (χ2n) is 6.80. The zero-order chi connectivity index (χ0) is 19.8. The zero-order valence-corrected chi connectivity index (χ0v) is 16.5. The van der Waals surface area contributed by atoms with Crippen LogP contribution in [0.2, 0.25) is 0 Å². The van der Waals surface area contributed by atoms with Crippen molar-refractivity contribution < 1.29 is 19.0 Å². The van der Waals surface area contributed by atoms with Crippen molar-refractivity contribution in [3.05, 3.63) is 59.7 Å². The monoisotopic (exact) mass is 384 g/mol. The minimum atomic E-state index is -0.0802. The molecule has 1 atom stereocenters. The summed E-state index contributed by atoms with van der Waals surface area (Å²) in [7, 11) is 3.22. The number of amides is 1. The number of carbonyl (C=O) groups is 1. The van der Waals surface area contributed by atoms with Crippen LogP contribution < -0.4 is 14.8 Å². The number of hydrogen-bond acceptors (Lipinski definition) is 5. The van der Waals surface area contributed by atoms with Gasteiger partial charge in [-0.05, 0) is 23.8 Å². The summed E-state index contributed by atoms with van der Waals surface area (Å²) in [6.07, 6.45) is 0.229. The Balaban J connectivity index is 1.72. The molecule has 0 spiro atoms. The van der Waals surface area contributed by atoms with Gasteiger partial charge in [-0.25, -0.2) is 0 Å². The molecule has 0 bridgehead atoms. The molecule has 1 aliphatic rings. The van der Waals surface area contributed by atoms with Crippen molar-refractivity contribution >= 4 is 5.91 Å². The van der Waals surface area contributed by atoms with Crippen LogP contribution in [-0.4, -0.2) is 57.9 Å². The Labute approximate surface area is 166 Å². The molecular formula is C22H28N2O4. The summed E-state index contributed by atoms with van der Waals surface area (Å²) in [6.45, 7) is 3.98. The molecule has 1 saturated heterocycles. The average Bonchev–Trinajstić information content (AvgIpc) is 2.74. The lowest BCUT2D eigenvalue weighted by Gasteiger charge is -2.31. The lowest BCUT2D eigenvalue weighted by atomic mass is 10.0. The van der Waals surface area contributed by atoms with Crippen LogP contribution in [-0.2, 0) is 16.0 Å². The summed E-state index contributed by atoms with van der Waals surface area (Å²) in [6, 6.07) is 15.5. The Morgan fingerprint density at radius 3 is 2.54 bits per heavy atom. The van der Waals surface area contributed by atoms with Gasteiger partial charge in [0.25, 0.3) is 0 Å². The summed E-state index contributed by atoms with van der Waals surface area (Å²) in [5.74, 6) is 1.34. The van der Waals surface area contributed by atoms with Crippen LogP contribution in [0.25, 0.3) is 0 Å². The van der Waals surface area contributed by atoms with E-state index < -0.39 is 0 Å². The third kappa shape index (κ3) is 5.47. The molecule has 6 nitrogen and oxygen atoms in total. The van der Waals surface area contributed by atoms with Gasteiger partial charge in [0, 0.05) is 25.2 Å². The maximum atomic E-state index is 12.9. The molecule has 2 aromatic carbocycles. The maximum Gasteiger partial charge on any atom is 0.225 e. The van der Waals surface area contributed by atoms with E-state index in [0.29, 0.717) is 11.5 Å². The molecule has 0 aromatic heterocycles. The Bertz CT molecular complexity index is 760. The zero-order valence-electron chi connectivity index (χ0n) is 16.5. The minimum absolute atomic E-state index is 0.0475. The van der Waals surface area contributed by atoms with Crippen molar-refractivity contribution in [1.82, 2.24) is 10.2 Å². The molecule has 150 valence electrons. The van der Waals surface area contributed by atoms with Crippen LogP contribution in [0.1, 0.15) is 17.2 Å². The summed E-state index contributed by atoms with van der Waals surface area (Å²) >= 11 is 0. The Hall–Kier alpha value is -2.57. The van der Waals surface area contributed by atoms with Crippen LogP contribution in [0.3, 0.4) is 0 Å². The molecule has 3 rings (SSSR count). The number of ether oxygens (including phenoxy) is 3. The van der Waals surface area contributed by atoms with Gasteiger partial charge in [-0.2, -0.15) is 0 Å². The van der Waals surface area contributed by atoms with Crippen molar-refractivity contribution in [2.24, 2.45) is 0 Å². The van der Waals surface area contributed by atoms with E-state index in [1.807, 2.05) is 36.4 Å². The van der Waals surface area contributed by atoms with Gasteiger partial charge >= 0.3 is 0 Å². The number of nitrogens with zero attached hydrogens (tertiary/aromatic N) is 1. The quantitative estimate of drug-likeness (QED) is 0.758. The van der Waals surface area contributed by atoms with E-state index in [2.05, 4.69) is 22.3 Å². The highest BCUT2D eigenvalue weighted by Gasteiger charge is 2.21. The van der Waals surface area contributed by atoms with Gasteiger partial charge in [-0.15, -0.1) is 0 Å². The molecular weight excluding hydrogens is 356 g/mol. The van der Waals surface area contributed by atoms with Gasteiger partial charge in [0.2, 0.25) is 5.91 Å². The SMILES string of the molecule is COc1ccc(OC)c(CC(=O)NC(CN2CCOCC2)c2ccccc2)c1. The predicted molar refractivity (Wildman–Crippen MR) is 108 cm³/mol. The molecule has 1 amide bonds. The summed E-state index contributed by atoms with van der Waals surface area (Å²) < 4.78 is 16.1. The van der Waals surface area contributed by atoms with Crippen LogP contribution in [0.15, 0.2) is 48.5 Å². The second-order valence-corrected chi connectivity index (χ2v) is 6.80. The van der Waals surface area contributed by atoms with Crippen LogP contribution in [0.4, 0.5) is 0 Å². The number of nitrogens with one attached hydrogen (secondary N) is 1. The van der Waals surface area contributed by atoms with Gasteiger partial charge in [0.15, 0.2) is 0 Å². The number of carbonyl (C=O) groups excluding carboxylic acids is 1. The number of hydrogen-bond donors (Lipinski definition) is 1. The van der Waals surface area contributed by atoms with Gasteiger partial charge in [-0.1, -0.05) is 30.3 Å². The highest BCUT2D eigenvalue weighted by Crippen LogP contribution is 2.25. The van der Waals surface area contributed by atoms with Crippen LogP contribution in [0.5, 0.6) is 11.5 Å². The fraction of sp³-hybridized carbons (Fsp3) is 0.409. The van der Waals surface area contributed by atoms with E-state index in [9.17, 15) is 4.79 Å². The van der Waals surface area contributed by atoms with Gasteiger partial charge < -0.3 is 19.5 Å². The third-order valence-electron chi connectivity index (χ3n) is 4.92. The fourth-order valence-corrected chi connectivity index (χ4v) is 3.40. The van der Waals surface area contributed by atoms with E-state index in [1.165, 1.54) is 0 Å². The minimum Gasteiger partial charge on any atom is -0.497 e. The van der Waals surface area contributed by atoms with Crippen molar-refractivity contribution in [3.8, 4) is 11.5 Å². The summed E-state index contributed by atoms with van der Waals surface area (Å²) in [5, 5.41) is 3.20. The second kappa shape index (κ2) is 10.1. The molecule has 0 aliphatic carbocycles. The molecule has 1 aliphatic heterocycles. The van der Waals surface area contributed by atoms with Gasteiger partial charge in [0.1, 0.15) is 11.5 Å². The highest BCUT2D eigenvalue weighted by molar-refractivity contribution is 5.80. The third-order valence-corrected chi connectivity index (χ3v) is 4.92. The molecule has 1 fully saturated rings.